The zero-order valence-electron chi connectivity index (χ0n) is 12.5. The van der Waals surface area contributed by atoms with Crippen LogP contribution in [-0.2, 0) is 0 Å². The molecule has 1 aromatic heterocycles. The van der Waals surface area contributed by atoms with Crippen LogP contribution < -0.4 is 5.32 Å². The fourth-order valence-corrected chi connectivity index (χ4v) is 2.70. The summed E-state index contributed by atoms with van der Waals surface area (Å²) in [4.78, 5) is 0. The molecule has 0 aliphatic heterocycles. The number of rotatable bonds is 3. The van der Waals surface area contributed by atoms with Gasteiger partial charge in [0.15, 0.2) is 5.82 Å². The summed E-state index contributed by atoms with van der Waals surface area (Å²) in [7, 11) is 0. The summed E-state index contributed by atoms with van der Waals surface area (Å²) in [5.74, 6) is 0.765. The highest BCUT2D eigenvalue weighted by atomic mass is 15.2. The first-order valence-corrected chi connectivity index (χ1v) is 7.55. The molecule has 1 heterocycles. The van der Waals surface area contributed by atoms with E-state index in [1.807, 2.05) is 66.7 Å². The Balaban J connectivity index is 1.93. The first kappa shape index (κ1) is 13.5. The van der Waals surface area contributed by atoms with Crippen LogP contribution in [0.2, 0.25) is 0 Å². The van der Waals surface area contributed by atoms with E-state index in [0.29, 0.717) is 0 Å². The van der Waals surface area contributed by atoms with Gasteiger partial charge >= 0.3 is 0 Å². The highest BCUT2D eigenvalue weighted by molar-refractivity contribution is 5.99. The fraction of sp³-hybridized carbons (Fsp3) is 0. The van der Waals surface area contributed by atoms with Crippen molar-refractivity contribution in [2.24, 2.45) is 0 Å². The average Bonchev–Trinajstić information content (AvgIpc) is 2.63. The molecular weight excluding hydrogens is 282 g/mol. The number of hydrogen-bond acceptors (Lipinski definition) is 3. The number of nitrogens with one attached hydrogen (secondary N) is 1. The van der Waals surface area contributed by atoms with E-state index in [2.05, 4.69) is 33.7 Å². The van der Waals surface area contributed by atoms with Gasteiger partial charge in [0.05, 0.1) is 5.52 Å². The lowest BCUT2D eigenvalue weighted by atomic mass is 10.0. The Morgan fingerprint density at radius 3 is 2.04 bits per heavy atom. The highest BCUT2D eigenvalue weighted by Crippen LogP contribution is 2.34. The Morgan fingerprint density at radius 1 is 0.609 bits per heavy atom. The fourth-order valence-electron chi connectivity index (χ4n) is 2.70. The molecule has 4 aromatic rings. The van der Waals surface area contributed by atoms with Crippen LogP contribution in [0.3, 0.4) is 0 Å². The third-order valence-electron chi connectivity index (χ3n) is 3.77. The molecule has 0 unspecified atom stereocenters. The van der Waals surface area contributed by atoms with Gasteiger partial charge in [0, 0.05) is 16.6 Å². The van der Waals surface area contributed by atoms with E-state index in [-0.39, 0.29) is 0 Å². The van der Waals surface area contributed by atoms with Gasteiger partial charge in [-0.1, -0.05) is 66.7 Å². The Morgan fingerprint density at radius 2 is 1.26 bits per heavy atom. The van der Waals surface area contributed by atoms with E-state index in [0.717, 1.165) is 33.5 Å². The average molecular weight is 297 g/mol. The second kappa shape index (κ2) is 5.89. The number of fused-ring (bicyclic) bond motifs is 1. The largest absolute Gasteiger partial charge is 0.338 e. The summed E-state index contributed by atoms with van der Waals surface area (Å²) >= 11 is 0. The van der Waals surface area contributed by atoms with Crippen LogP contribution >= 0.6 is 0 Å². The van der Waals surface area contributed by atoms with E-state index < -0.39 is 0 Å². The van der Waals surface area contributed by atoms with Gasteiger partial charge in [-0.15, -0.1) is 10.2 Å². The Bertz CT molecular complexity index is 935. The summed E-state index contributed by atoms with van der Waals surface area (Å²) in [6.07, 6.45) is 0. The topological polar surface area (TPSA) is 37.8 Å². The molecule has 4 rings (SSSR count). The second-order valence-electron chi connectivity index (χ2n) is 5.30. The molecule has 0 bridgehead atoms. The quantitative estimate of drug-likeness (QED) is 0.575. The first-order chi connectivity index (χ1) is 11.4. The second-order valence-corrected chi connectivity index (χ2v) is 5.30. The van der Waals surface area contributed by atoms with Crippen molar-refractivity contribution in [3.8, 4) is 11.1 Å². The smallest absolute Gasteiger partial charge is 0.161 e. The van der Waals surface area contributed by atoms with E-state index in [1.54, 1.807) is 0 Å². The minimum atomic E-state index is 0.765. The zero-order chi connectivity index (χ0) is 15.5. The van der Waals surface area contributed by atoms with Crippen LogP contribution in [0.4, 0.5) is 11.5 Å². The predicted molar refractivity (Wildman–Crippen MR) is 94.7 cm³/mol. The van der Waals surface area contributed by atoms with Crippen LogP contribution in [0.25, 0.3) is 22.0 Å². The van der Waals surface area contributed by atoms with Crippen molar-refractivity contribution in [2.75, 3.05) is 5.32 Å². The molecule has 0 amide bonds. The third kappa shape index (κ3) is 2.64. The molecular formula is C20H15N3. The van der Waals surface area contributed by atoms with Crippen molar-refractivity contribution >= 4 is 22.4 Å². The van der Waals surface area contributed by atoms with Crippen molar-refractivity contribution in [3.63, 3.8) is 0 Å². The van der Waals surface area contributed by atoms with Crippen molar-refractivity contribution in [1.29, 1.82) is 0 Å². The number of benzene rings is 3. The molecule has 0 atom stereocenters. The summed E-state index contributed by atoms with van der Waals surface area (Å²) in [5, 5.41) is 13.2. The normalized spacial score (nSPS) is 10.6. The third-order valence-corrected chi connectivity index (χ3v) is 3.77. The van der Waals surface area contributed by atoms with E-state index in [4.69, 9.17) is 0 Å². The summed E-state index contributed by atoms with van der Waals surface area (Å²) in [6.45, 7) is 0. The molecule has 0 spiro atoms. The van der Waals surface area contributed by atoms with E-state index in [9.17, 15) is 0 Å². The molecule has 23 heavy (non-hydrogen) atoms. The maximum atomic E-state index is 4.42. The maximum Gasteiger partial charge on any atom is 0.161 e. The van der Waals surface area contributed by atoms with Gasteiger partial charge in [-0.25, -0.2) is 0 Å². The van der Waals surface area contributed by atoms with Gasteiger partial charge in [0.1, 0.15) is 0 Å². The molecule has 110 valence electrons. The Hall–Kier alpha value is -3.20. The minimum absolute atomic E-state index is 0.765. The molecule has 0 aliphatic rings. The van der Waals surface area contributed by atoms with Crippen LogP contribution in [0.5, 0.6) is 0 Å². The number of aromatic nitrogens is 2. The van der Waals surface area contributed by atoms with Gasteiger partial charge < -0.3 is 5.32 Å². The molecule has 0 fully saturated rings. The molecule has 3 aromatic carbocycles. The summed E-state index contributed by atoms with van der Waals surface area (Å²) < 4.78 is 0. The van der Waals surface area contributed by atoms with E-state index in [1.165, 1.54) is 0 Å². The Kier molecular flexibility index (Phi) is 3.45. The highest BCUT2D eigenvalue weighted by Gasteiger charge is 2.12. The van der Waals surface area contributed by atoms with Gasteiger partial charge in [0.25, 0.3) is 0 Å². The SMILES string of the molecule is c1ccc(Nc2nnc3ccccc3c2-c2ccccc2)cc1. The van der Waals surface area contributed by atoms with Crippen LogP contribution in [-0.4, -0.2) is 10.2 Å². The molecule has 3 heteroatoms. The van der Waals surface area contributed by atoms with Crippen LogP contribution in [0.15, 0.2) is 84.9 Å². The van der Waals surface area contributed by atoms with Gasteiger partial charge in [-0.3, -0.25) is 0 Å². The summed E-state index contributed by atoms with van der Waals surface area (Å²) in [6, 6.07) is 28.4. The van der Waals surface area contributed by atoms with Crippen molar-refractivity contribution in [2.45, 2.75) is 0 Å². The lowest BCUT2D eigenvalue weighted by Crippen LogP contribution is -1.99. The zero-order valence-corrected chi connectivity index (χ0v) is 12.5. The van der Waals surface area contributed by atoms with Crippen LogP contribution in [0.1, 0.15) is 0 Å². The van der Waals surface area contributed by atoms with Crippen LogP contribution in [0, 0.1) is 0 Å². The molecule has 1 N–H and O–H groups in total. The molecule has 0 aliphatic carbocycles. The number of nitrogens with zero attached hydrogens (tertiary/aromatic N) is 2. The van der Waals surface area contributed by atoms with Gasteiger partial charge in [-0.05, 0) is 23.8 Å². The molecule has 0 saturated heterocycles. The molecule has 0 radical (unpaired) electrons. The monoisotopic (exact) mass is 297 g/mol. The van der Waals surface area contributed by atoms with Crippen molar-refractivity contribution in [3.05, 3.63) is 84.9 Å². The predicted octanol–water partition coefficient (Wildman–Crippen LogP) is 5.04. The maximum absolute atomic E-state index is 4.42. The first-order valence-electron chi connectivity index (χ1n) is 7.55. The standard InChI is InChI=1S/C20H15N3/c1-3-9-15(10-4-1)19-17-13-7-8-14-18(17)22-23-20(19)21-16-11-5-2-6-12-16/h1-14H,(H,21,23). The lowest BCUT2D eigenvalue weighted by molar-refractivity contribution is 1.08. The Labute approximate surface area is 134 Å². The lowest BCUT2D eigenvalue weighted by Gasteiger charge is -2.13. The summed E-state index contributed by atoms with van der Waals surface area (Å²) in [5.41, 5.74) is 4.08. The van der Waals surface area contributed by atoms with E-state index >= 15 is 0 Å². The van der Waals surface area contributed by atoms with Gasteiger partial charge in [0.2, 0.25) is 0 Å². The molecule has 3 nitrogen and oxygen atoms in total. The van der Waals surface area contributed by atoms with Crippen molar-refractivity contribution in [1.82, 2.24) is 10.2 Å². The number of para-hydroxylation sites is 1. The number of anilines is 2. The molecule has 0 saturated carbocycles. The number of hydrogen-bond donors (Lipinski definition) is 1. The van der Waals surface area contributed by atoms with Crippen molar-refractivity contribution < 1.29 is 0 Å². The van der Waals surface area contributed by atoms with Gasteiger partial charge in [-0.2, -0.15) is 0 Å². The minimum Gasteiger partial charge on any atom is -0.338 e.